The van der Waals surface area contributed by atoms with Gasteiger partial charge in [0.1, 0.15) is 6.33 Å². The fourth-order valence-corrected chi connectivity index (χ4v) is 3.45. The third-order valence-corrected chi connectivity index (χ3v) is 6.19. The minimum atomic E-state index is -3.36. The van der Waals surface area contributed by atoms with E-state index >= 15 is 0 Å². The average molecular weight is 334 g/mol. The van der Waals surface area contributed by atoms with Crippen molar-refractivity contribution < 1.29 is 8.42 Å². The zero-order valence-electron chi connectivity index (χ0n) is 13.5. The van der Waals surface area contributed by atoms with E-state index < -0.39 is 10.0 Å². The van der Waals surface area contributed by atoms with Gasteiger partial charge in [-0.2, -0.15) is 5.10 Å². The summed E-state index contributed by atoms with van der Waals surface area (Å²) >= 11 is 0. The maximum atomic E-state index is 12.0. The summed E-state index contributed by atoms with van der Waals surface area (Å²) < 4.78 is 27.1. The number of aryl methyl sites for hydroxylation is 2. The van der Waals surface area contributed by atoms with E-state index in [0.29, 0.717) is 10.8 Å². The highest BCUT2D eigenvalue weighted by Crippen LogP contribution is 2.33. The number of aromatic nitrogens is 3. The Morgan fingerprint density at radius 1 is 1.22 bits per heavy atom. The Kier molecular flexibility index (Phi) is 4.50. The van der Waals surface area contributed by atoms with E-state index in [1.807, 2.05) is 16.8 Å². The van der Waals surface area contributed by atoms with E-state index in [1.165, 1.54) is 37.7 Å². The summed E-state index contributed by atoms with van der Waals surface area (Å²) in [6, 6.07) is 7.04. The van der Waals surface area contributed by atoms with Gasteiger partial charge in [-0.3, -0.25) is 4.68 Å². The fraction of sp³-hybridized carbons (Fsp3) is 0.500. The van der Waals surface area contributed by atoms with E-state index in [2.05, 4.69) is 10.1 Å². The molecular weight excluding hydrogens is 312 g/mol. The Morgan fingerprint density at radius 3 is 2.48 bits per heavy atom. The number of rotatable bonds is 6. The van der Waals surface area contributed by atoms with Gasteiger partial charge in [-0.25, -0.2) is 17.7 Å². The molecular formula is C16H22N4O2S. The topological polar surface area (TPSA) is 68.1 Å². The minimum Gasteiger partial charge on any atom is -0.252 e. The molecule has 1 fully saturated rings. The number of nitrogens with zero attached hydrogens (tertiary/aromatic N) is 4. The van der Waals surface area contributed by atoms with Crippen LogP contribution in [0.5, 0.6) is 0 Å². The Bertz CT molecular complexity index is 762. The number of benzene rings is 1. The maximum absolute atomic E-state index is 12.0. The molecule has 1 saturated carbocycles. The molecule has 1 aliphatic rings. The van der Waals surface area contributed by atoms with Crippen molar-refractivity contribution >= 4 is 10.0 Å². The first-order valence-corrected chi connectivity index (χ1v) is 9.31. The summed E-state index contributed by atoms with van der Waals surface area (Å²) in [5.74, 6) is 1.51. The molecule has 0 saturated heterocycles. The number of sulfonamides is 1. The van der Waals surface area contributed by atoms with E-state index in [-0.39, 0.29) is 0 Å². The first-order chi connectivity index (χ1) is 11.0. The second-order valence-electron chi connectivity index (χ2n) is 6.18. The van der Waals surface area contributed by atoms with Gasteiger partial charge in [0.05, 0.1) is 4.90 Å². The van der Waals surface area contributed by atoms with Crippen LogP contribution in [0.15, 0.2) is 35.5 Å². The van der Waals surface area contributed by atoms with Crippen LogP contribution in [-0.2, 0) is 23.0 Å². The van der Waals surface area contributed by atoms with Gasteiger partial charge in [0.2, 0.25) is 10.0 Å². The lowest BCUT2D eigenvalue weighted by atomic mass is 9.85. The van der Waals surface area contributed by atoms with Crippen molar-refractivity contribution in [1.82, 2.24) is 19.1 Å². The molecule has 0 spiro atoms. The molecule has 1 aromatic heterocycles. The van der Waals surface area contributed by atoms with E-state index in [0.717, 1.165) is 24.4 Å². The Labute approximate surface area is 137 Å². The van der Waals surface area contributed by atoms with Crippen LogP contribution in [0.3, 0.4) is 0 Å². The van der Waals surface area contributed by atoms with Crippen molar-refractivity contribution in [3.63, 3.8) is 0 Å². The minimum absolute atomic E-state index is 0.319. The van der Waals surface area contributed by atoms with Crippen LogP contribution in [0.25, 0.3) is 0 Å². The molecule has 6 nitrogen and oxygen atoms in total. The lowest BCUT2D eigenvalue weighted by Crippen LogP contribution is -2.22. The van der Waals surface area contributed by atoms with Crippen LogP contribution >= 0.6 is 0 Å². The second kappa shape index (κ2) is 6.41. The van der Waals surface area contributed by atoms with E-state index in [1.54, 1.807) is 18.5 Å². The standard InChI is InChI=1S/C16H22N4O2S/c1-19(2)23(21,22)15-8-6-13(7-9-15)10-11-20-12-17-16(18-20)14-4-3-5-14/h6-9,12,14H,3-5,10-11H2,1-2H3. The predicted molar refractivity (Wildman–Crippen MR) is 87.6 cm³/mol. The van der Waals surface area contributed by atoms with Crippen LogP contribution in [0, 0.1) is 0 Å². The largest absolute Gasteiger partial charge is 0.252 e. The van der Waals surface area contributed by atoms with Crippen molar-refractivity contribution in [2.75, 3.05) is 14.1 Å². The van der Waals surface area contributed by atoms with Crippen molar-refractivity contribution in [1.29, 1.82) is 0 Å². The summed E-state index contributed by atoms with van der Waals surface area (Å²) in [6.07, 6.45) is 6.27. The van der Waals surface area contributed by atoms with Crippen molar-refractivity contribution in [3.8, 4) is 0 Å². The van der Waals surface area contributed by atoms with Crippen LogP contribution in [-0.4, -0.2) is 41.6 Å². The zero-order valence-corrected chi connectivity index (χ0v) is 14.3. The molecule has 3 rings (SSSR count). The summed E-state index contributed by atoms with van der Waals surface area (Å²) in [5.41, 5.74) is 1.09. The molecule has 1 aromatic carbocycles. The van der Waals surface area contributed by atoms with Crippen molar-refractivity contribution in [3.05, 3.63) is 42.0 Å². The van der Waals surface area contributed by atoms with Gasteiger partial charge in [0.15, 0.2) is 5.82 Å². The van der Waals surface area contributed by atoms with Gasteiger partial charge >= 0.3 is 0 Å². The summed E-state index contributed by atoms with van der Waals surface area (Å²) in [4.78, 5) is 4.70. The second-order valence-corrected chi connectivity index (χ2v) is 8.33. The van der Waals surface area contributed by atoms with Crippen LogP contribution in [0.4, 0.5) is 0 Å². The molecule has 0 aliphatic heterocycles. The SMILES string of the molecule is CN(C)S(=O)(=O)c1ccc(CCn2cnc(C3CCC3)n2)cc1. The monoisotopic (exact) mass is 334 g/mol. The highest BCUT2D eigenvalue weighted by molar-refractivity contribution is 7.89. The molecule has 0 atom stereocenters. The summed E-state index contributed by atoms with van der Waals surface area (Å²) in [6.45, 7) is 0.750. The third-order valence-electron chi connectivity index (χ3n) is 4.36. The average Bonchev–Trinajstić information content (AvgIpc) is 2.92. The van der Waals surface area contributed by atoms with Gasteiger partial charge in [0, 0.05) is 26.6 Å². The summed E-state index contributed by atoms with van der Waals surface area (Å²) in [5, 5.41) is 4.53. The van der Waals surface area contributed by atoms with Crippen molar-refractivity contribution in [2.24, 2.45) is 0 Å². The van der Waals surface area contributed by atoms with E-state index in [9.17, 15) is 8.42 Å². The van der Waals surface area contributed by atoms with Crippen LogP contribution in [0.1, 0.15) is 36.6 Å². The van der Waals surface area contributed by atoms with Gasteiger partial charge in [0.25, 0.3) is 0 Å². The van der Waals surface area contributed by atoms with Gasteiger partial charge in [-0.15, -0.1) is 0 Å². The lowest BCUT2D eigenvalue weighted by Gasteiger charge is -2.21. The predicted octanol–water partition coefficient (Wildman–Crippen LogP) is 2.04. The molecule has 7 heteroatoms. The lowest BCUT2D eigenvalue weighted by molar-refractivity contribution is 0.398. The quantitative estimate of drug-likeness (QED) is 0.811. The molecule has 0 bridgehead atoms. The molecule has 0 amide bonds. The molecule has 1 aliphatic carbocycles. The third kappa shape index (κ3) is 3.45. The van der Waals surface area contributed by atoms with Gasteiger partial charge in [-0.1, -0.05) is 18.6 Å². The summed E-state index contributed by atoms with van der Waals surface area (Å²) in [7, 11) is -0.287. The Morgan fingerprint density at radius 2 is 1.91 bits per heavy atom. The molecule has 2 aromatic rings. The number of hydrogen-bond acceptors (Lipinski definition) is 4. The fourth-order valence-electron chi connectivity index (χ4n) is 2.55. The van der Waals surface area contributed by atoms with Gasteiger partial charge < -0.3 is 0 Å². The number of hydrogen-bond donors (Lipinski definition) is 0. The molecule has 0 unspecified atom stereocenters. The van der Waals surface area contributed by atoms with Crippen LogP contribution in [0.2, 0.25) is 0 Å². The normalized spacial score (nSPS) is 15.8. The Hall–Kier alpha value is -1.73. The first-order valence-electron chi connectivity index (χ1n) is 7.87. The molecule has 0 N–H and O–H groups in total. The van der Waals surface area contributed by atoms with Crippen LogP contribution < -0.4 is 0 Å². The molecule has 1 heterocycles. The highest BCUT2D eigenvalue weighted by atomic mass is 32.2. The molecule has 23 heavy (non-hydrogen) atoms. The first kappa shape index (κ1) is 16.1. The van der Waals surface area contributed by atoms with Gasteiger partial charge in [-0.05, 0) is 37.0 Å². The van der Waals surface area contributed by atoms with Crippen molar-refractivity contribution in [2.45, 2.75) is 43.0 Å². The molecule has 0 radical (unpaired) electrons. The smallest absolute Gasteiger partial charge is 0.242 e. The zero-order chi connectivity index (χ0) is 16.4. The maximum Gasteiger partial charge on any atom is 0.242 e. The molecule has 124 valence electrons. The Balaban J connectivity index is 1.61. The van der Waals surface area contributed by atoms with E-state index in [4.69, 9.17) is 0 Å². The highest BCUT2D eigenvalue weighted by Gasteiger charge is 2.23.